The summed E-state index contributed by atoms with van der Waals surface area (Å²) in [5.74, 6) is 0.347. The van der Waals surface area contributed by atoms with Crippen molar-refractivity contribution in [2.24, 2.45) is 5.41 Å². The number of hydrogen-bond donors (Lipinski definition) is 2. The van der Waals surface area contributed by atoms with E-state index in [2.05, 4.69) is 10.6 Å². The van der Waals surface area contributed by atoms with Gasteiger partial charge in [-0.3, -0.25) is 9.59 Å². The summed E-state index contributed by atoms with van der Waals surface area (Å²) in [7, 11) is 3.88. The largest absolute Gasteiger partial charge is 0.494 e. The molecule has 6 nitrogen and oxygen atoms in total. The molecule has 0 unspecified atom stereocenters. The van der Waals surface area contributed by atoms with Crippen molar-refractivity contribution >= 4 is 17.5 Å². The molecule has 1 fully saturated rings. The summed E-state index contributed by atoms with van der Waals surface area (Å²) in [6.07, 6.45) is 1.20. The number of nitrogens with zero attached hydrogens (tertiary/aromatic N) is 1. The normalized spacial score (nSPS) is 15.1. The molecule has 0 aliphatic heterocycles. The molecule has 0 heterocycles. The van der Waals surface area contributed by atoms with Gasteiger partial charge in [-0.1, -0.05) is 0 Å². The summed E-state index contributed by atoms with van der Waals surface area (Å²) in [6, 6.07) is 7.16. The summed E-state index contributed by atoms with van der Waals surface area (Å²) in [4.78, 5) is 26.7. The number of carbonyl (C=O) groups is 2. The minimum Gasteiger partial charge on any atom is -0.494 e. The van der Waals surface area contributed by atoms with Crippen LogP contribution in [0.3, 0.4) is 0 Å². The lowest BCUT2D eigenvalue weighted by atomic mass is 10.1. The summed E-state index contributed by atoms with van der Waals surface area (Å²) in [5.41, 5.74) is -0.226. The first-order chi connectivity index (χ1) is 11.0. The Morgan fingerprint density at radius 1 is 1.17 bits per heavy atom. The zero-order chi connectivity index (χ0) is 16.9. The van der Waals surface area contributed by atoms with Gasteiger partial charge in [0.15, 0.2) is 0 Å². The van der Waals surface area contributed by atoms with Crippen LogP contribution in [-0.2, 0) is 9.59 Å². The topological polar surface area (TPSA) is 70.7 Å². The van der Waals surface area contributed by atoms with Crippen LogP contribution < -0.4 is 15.4 Å². The van der Waals surface area contributed by atoms with Crippen molar-refractivity contribution in [1.82, 2.24) is 10.2 Å². The van der Waals surface area contributed by atoms with E-state index in [0.717, 1.165) is 12.3 Å². The third-order valence-corrected chi connectivity index (χ3v) is 3.89. The van der Waals surface area contributed by atoms with Gasteiger partial charge < -0.3 is 20.3 Å². The number of anilines is 1. The van der Waals surface area contributed by atoms with Crippen LogP contribution in [0.4, 0.5) is 5.69 Å². The maximum Gasteiger partial charge on any atom is 0.240 e. The molecule has 2 amide bonds. The molecule has 6 heteroatoms. The van der Waals surface area contributed by atoms with Crippen LogP contribution in [0.25, 0.3) is 0 Å². The molecule has 0 saturated heterocycles. The van der Waals surface area contributed by atoms with Gasteiger partial charge in [0.2, 0.25) is 11.8 Å². The van der Waals surface area contributed by atoms with E-state index in [0.29, 0.717) is 31.7 Å². The van der Waals surface area contributed by atoms with Crippen LogP contribution >= 0.6 is 0 Å². The monoisotopic (exact) mass is 319 g/mol. The zero-order valence-electron chi connectivity index (χ0n) is 14.0. The molecule has 23 heavy (non-hydrogen) atoms. The Balaban J connectivity index is 1.90. The van der Waals surface area contributed by atoms with E-state index in [9.17, 15) is 9.59 Å². The minimum absolute atomic E-state index is 0.178. The van der Waals surface area contributed by atoms with Crippen molar-refractivity contribution in [2.45, 2.75) is 19.8 Å². The van der Waals surface area contributed by atoms with Crippen LogP contribution in [0.1, 0.15) is 19.8 Å². The highest BCUT2D eigenvalue weighted by molar-refractivity contribution is 6.13. The Bertz CT molecular complexity index is 551. The maximum absolute atomic E-state index is 12.4. The molecular weight excluding hydrogens is 294 g/mol. The number of amides is 2. The van der Waals surface area contributed by atoms with E-state index in [1.54, 1.807) is 24.3 Å². The van der Waals surface area contributed by atoms with Gasteiger partial charge in [0, 0.05) is 18.8 Å². The Morgan fingerprint density at radius 3 is 2.35 bits per heavy atom. The number of ether oxygens (including phenoxy) is 1. The van der Waals surface area contributed by atoms with Crippen molar-refractivity contribution in [1.29, 1.82) is 0 Å². The molecule has 1 aliphatic rings. The Morgan fingerprint density at radius 2 is 1.83 bits per heavy atom. The van der Waals surface area contributed by atoms with Gasteiger partial charge in [-0.2, -0.15) is 0 Å². The van der Waals surface area contributed by atoms with Crippen LogP contribution in [-0.4, -0.2) is 50.5 Å². The molecule has 1 aromatic carbocycles. The summed E-state index contributed by atoms with van der Waals surface area (Å²) < 4.78 is 5.37. The molecule has 0 spiro atoms. The van der Waals surface area contributed by atoms with E-state index < -0.39 is 5.41 Å². The average molecular weight is 319 g/mol. The quantitative estimate of drug-likeness (QED) is 0.712. The van der Waals surface area contributed by atoms with Crippen molar-refractivity contribution in [3.63, 3.8) is 0 Å². The molecule has 0 aromatic heterocycles. The second-order valence-corrected chi connectivity index (χ2v) is 6.05. The van der Waals surface area contributed by atoms with Gasteiger partial charge in [0.1, 0.15) is 11.2 Å². The van der Waals surface area contributed by atoms with Gasteiger partial charge in [-0.05, 0) is 58.1 Å². The number of hydrogen-bond acceptors (Lipinski definition) is 4. The summed E-state index contributed by atoms with van der Waals surface area (Å²) in [5, 5.41) is 5.68. The molecule has 0 radical (unpaired) electrons. The molecule has 0 bridgehead atoms. The molecular formula is C17H25N3O3. The second kappa shape index (κ2) is 7.46. The van der Waals surface area contributed by atoms with E-state index in [1.807, 2.05) is 25.9 Å². The Hall–Kier alpha value is -2.08. The van der Waals surface area contributed by atoms with Gasteiger partial charge in [0.25, 0.3) is 0 Å². The van der Waals surface area contributed by atoms with Gasteiger partial charge in [-0.15, -0.1) is 0 Å². The average Bonchev–Trinajstić information content (AvgIpc) is 3.31. The zero-order valence-corrected chi connectivity index (χ0v) is 14.0. The number of likely N-dealkylation sites (N-methyl/N-ethyl adjacent to an activating group) is 1. The van der Waals surface area contributed by atoms with Crippen LogP contribution in [0.15, 0.2) is 24.3 Å². The predicted molar refractivity (Wildman–Crippen MR) is 89.5 cm³/mol. The fourth-order valence-electron chi connectivity index (χ4n) is 2.30. The fourth-order valence-corrected chi connectivity index (χ4v) is 2.30. The van der Waals surface area contributed by atoms with E-state index >= 15 is 0 Å². The lowest BCUT2D eigenvalue weighted by Gasteiger charge is -2.17. The maximum atomic E-state index is 12.4. The number of carbonyl (C=O) groups excluding carboxylic acids is 2. The first-order valence-corrected chi connectivity index (χ1v) is 7.95. The fraction of sp³-hybridized carbons (Fsp3) is 0.529. The third kappa shape index (κ3) is 4.45. The predicted octanol–water partition coefficient (Wildman–Crippen LogP) is 1.48. The second-order valence-electron chi connectivity index (χ2n) is 6.05. The SMILES string of the molecule is CCOc1ccc(NC(=O)C2(C(=O)NCCN(C)C)CC2)cc1. The molecule has 2 N–H and O–H groups in total. The third-order valence-electron chi connectivity index (χ3n) is 3.89. The van der Waals surface area contributed by atoms with Gasteiger partial charge in [0.05, 0.1) is 6.61 Å². The minimum atomic E-state index is -0.898. The van der Waals surface area contributed by atoms with Crippen molar-refractivity contribution < 1.29 is 14.3 Å². The summed E-state index contributed by atoms with van der Waals surface area (Å²) in [6.45, 7) is 3.82. The lowest BCUT2D eigenvalue weighted by molar-refractivity contribution is -0.134. The van der Waals surface area contributed by atoms with Crippen molar-refractivity contribution in [3.05, 3.63) is 24.3 Å². The lowest BCUT2D eigenvalue weighted by Crippen LogP contribution is -2.42. The summed E-state index contributed by atoms with van der Waals surface area (Å²) >= 11 is 0. The van der Waals surface area contributed by atoms with Crippen LogP contribution in [0.2, 0.25) is 0 Å². The highest BCUT2D eigenvalue weighted by Gasteiger charge is 2.56. The van der Waals surface area contributed by atoms with Crippen molar-refractivity contribution in [3.8, 4) is 5.75 Å². The Labute approximate surface area is 137 Å². The number of rotatable bonds is 8. The highest BCUT2D eigenvalue weighted by atomic mass is 16.5. The van der Waals surface area contributed by atoms with Crippen LogP contribution in [0.5, 0.6) is 5.75 Å². The van der Waals surface area contributed by atoms with E-state index in [-0.39, 0.29) is 11.8 Å². The Kier molecular flexibility index (Phi) is 5.60. The molecule has 1 saturated carbocycles. The molecule has 1 aliphatic carbocycles. The first-order valence-electron chi connectivity index (χ1n) is 7.95. The highest BCUT2D eigenvalue weighted by Crippen LogP contribution is 2.46. The smallest absolute Gasteiger partial charge is 0.240 e. The standard InChI is InChI=1S/C17H25N3O3/c1-4-23-14-7-5-13(6-8-14)19-16(22)17(9-10-17)15(21)18-11-12-20(2)3/h5-8H,4,9-12H2,1-3H3,(H,18,21)(H,19,22). The van der Waals surface area contributed by atoms with Gasteiger partial charge >= 0.3 is 0 Å². The van der Waals surface area contributed by atoms with Crippen LogP contribution in [0, 0.1) is 5.41 Å². The molecule has 1 aromatic rings. The molecule has 0 atom stereocenters. The molecule has 126 valence electrons. The number of nitrogens with one attached hydrogen (secondary N) is 2. The van der Waals surface area contributed by atoms with E-state index in [1.165, 1.54) is 0 Å². The first kappa shape index (κ1) is 17.3. The molecule has 2 rings (SSSR count). The number of benzene rings is 1. The van der Waals surface area contributed by atoms with Crippen molar-refractivity contribution in [2.75, 3.05) is 39.1 Å². The van der Waals surface area contributed by atoms with Gasteiger partial charge in [-0.25, -0.2) is 0 Å². The van der Waals surface area contributed by atoms with E-state index in [4.69, 9.17) is 4.74 Å².